The Balaban J connectivity index is 2.53. The van der Waals surface area contributed by atoms with Crippen molar-refractivity contribution in [3.05, 3.63) is 35.1 Å². The Labute approximate surface area is 79.2 Å². The summed E-state index contributed by atoms with van der Waals surface area (Å²) in [6, 6.07) is 3.68. The summed E-state index contributed by atoms with van der Waals surface area (Å²) in [5.74, 6) is -0.946. The number of hydrogen-bond acceptors (Lipinski definition) is 1. The number of alkyl halides is 2. The molecule has 0 aromatic heterocycles. The van der Waals surface area contributed by atoms with Crippen LogP contribution in [0.4, 0.5) is 13.2 Å². The highest BCUT2D eigenvalue weighted by atomic mass is 19.3. The van der Waals surface area contributed by atoms with Gasteiger partial charge in [-0.05, 0) is 24.5 Å². The van der Waals surface area contributed by atoms with Gasteiger partial charge in [0, 0.05) is 0 Å². The smallest absolute Gasteiger partial charge is 0.267 e. The van der Waals surface area contributed by atoms with E-state index in [9.17, 15) is 18.3 Å². The monoisotopic (exact) mass is 202 g/mol. The molecule has 2 rings (SSSR count). The predicted molar refractivity (Wildman–Crippen MR) is 44.5 cm³/mol. The van der Waals surface area contributed by atoms with Gasteiger partial charge in [0.25, 0.3) is 6.43 Å². The maximum atomic E-state index is 13.1. The molecule has 0 aliphatic heterocycles. The van der Waals surface area contributed by atoms with Gasteiger partial charge < -0.3 is 5.11 Å². The van der Waals surface area contributed by atoms with Gasteiger partial charge in [-0.3, -0.25) is 0 Å². The summed E-state index contributed by atoms with van der Waals surface area (Å²) in [6.07, 6.45) is -2.03. The van der Waals surface area contributed by atoms with Crippen molar-refractivity contribution in [1.82, 2.24) is 0 Å². The number of halogens is 3. The van der Waals surface area contributed by atoms with Crippen molar-refractivity contribution in [3.63, 3.8) is 0 Å². The molecule has 0 bridgehead atoms. The van der Waals surface area contributed by atoms with E-state index in [1.165, 1.54) is 12.1 Å². The number of rotatable bonds is 2. The van der Waals surface area contributed by atoms with Crippen molar-refractivity contribution in [1.29, 1.82) is 0 Å². The minimum Gasteiger partial charge on any atom is -0.385 e. The first-order chi connectivity index (χ1) is 6.54. The van der Waals surface area contributed by atoms with Gasteiger partial charge in [-0.1, -0.05) is 12.1 Å². The third kappa shape index (κ3) is 1.39. The average Bonchev–Trinajstić information content (AvgIpc) is 2.84. The SMILES string of the molecule is OC1(c2cccc(F)c2C(F)F)CC1. The van der Waals surface area contributed by atoms with E-state index in [-0.39, 0.29) is 5.56 Å². The molecule has 1 nitrogen and oxygen atoms in total. The first-order valence-corrected chi connectivity index (χ1v) is 4.34. The van der Waals surface area contributed by atoms with Crippen LogP contribution in [0, 0.1) is 5.82 Å². The highest BCUT2D eigenvalue weighted by Crippen LogP contribution is 2.48. The Morgan fingerprint density at radius 3 is 2.43 bits per heavy atom. The van der Waals surface area contributed by atoms with Crippen LogP contribution < -0.4 is 0 Å². The lowest BCUT2D eigenvalue weighted by molar-refractivity contribution is 0.121. The molecule has 0 radical (unpaired) electrons. The van der Waals surface area contributed by atoms with Gasteiger partial charge in [0.1, 0.15) is 5.82 Å². The first kappa shape index (κ1) is 9.52. The van der Waals surface area contributed by atoms with E-state index in [1.54, 1.807) is 0 Å². The van der Waals surface area contributed by atoms with Gasteiger partial charge in [-0.2, -0.15) is 0 Å². The van der Waals surface area contributed by atoms with Crippen LogP contribution in [-0.4, -0.2) is 5.11 Å². The van der Waals surface area contributed by atoms with Crippen LogP contribution in [0.5, 0.6) is 0 Å². The van der Waals surface area contributed by atoms with E-state index in [0.29, 0.717) is 12.8 Å². The molecule has 0 amide bonds. The van der Waals surface area contributed by atoms with Gasteiger partial charge in [0.05, 0.1) is 11.2 Å². The molecule has 1 aliphatic carbocycles. The van der Waals surface area contributed by atoms with Gasteiger partial charge in [-0.25, -0.2) is 13.2 Å². The third-order valence-electron chi connectivity index (χ3n) is 2.50. The lowest BCUT2D eigenvalue weighted by Gasteiger charge is -2.14. The summed E-state index contributed by atoms with van der Waals surface area (Å²) in [5.41, 5.74) is -1.84. The molecule has 1 saturated carbocycles. The van der Waals surface area contributed by atoms with Crippen LogP contribution in [0.1, 0.15) is 30.4 Å². The summed E-state index contributed by atoms with van der Waals surface area (Å²) in [4.78, 5) is 0. The molecule has 0 atom stereocenters. The Kier molecular flexibility index (Phi) is 2.03. The van der Waals surface area contributed by atoms with Crippen LogP contribution >= 0.6 is 0 Å². The van der Waals surface area contributed by atoms with Crippen molar-refractivity contribution in [2.75, 3.05) is 0 Å². The molecule has 0 spiro atoms. The van der Waals surface area contributed by atoms with Crippen molar-refractivity contribution < 1.29 is 18.3 Å². The molecular formula is C10H9F3O. The predicted octanol–water partition coefficient (Wildman–Crippen LogP) is 2.74. The normalized spacial score (nSPS) is 18.6. The molecule has 1 N–H and O–H groups in total. The number of aliphatic hydroxyl groups is 1. The second-order valence-corrected chi connectivity index (χ2v) is 3.53. The van der Waals surface area contributed by atoms with Crippen molar-refractivity contribution in [3.8, 4) is 0 Å². The van der Waals surface area contributed by atoms with Crippen LogP contribution in [0.3, 0.4) is 0 Å². The second-order valence-electron chi connectivity index (χ2n) is 3.53. The highest BCUT2D eigenvalue weighted by molar-refractivity contribution is 5.37. The van der Waals surface area contributed by atoms with Gasteiger partial charge >= 0.3 is 0 Å². The minimum absolute atomic E-state index is 0.0347. The zero-order chi connectivity index (χ0) is 10.3. The average molecular weight is 202 g/mol. The van der Waals surface area contributed by atoms with E-state index in [1.807, 2.05) is 0 Å². The van der Waals surface area contributed by atoms with Gasteiger partial charge in [0.2, 0.25) is 0 Å². The molecule has 1 fully saturated rings. The molecule has 1 aromatic rings. The Morgan fingerprint density at radius 1 is 1.29 bits per heavy atom. The van der Waals surface area contributed by atoms with E-state index >= 15 is 0 Å². The van der Waals surface area contributed by atoms with Crippen molar-refractivity contribution >= 4 is 0 Å². The van der Waals surface area contributed by atoms with Crippen LogP contribution in [0.15, 0.2) is 18.2 Å². The third-order valence-corrected chi connectivity index (χ3v) is 2.50. The Bertz CT molecular complexity index is 358. The summed E-state index contributed by atoms with van der Waals surface area (Å²) >= 11 is 0. The minimum atomic E-state index is -2.88. The molecule has 14 heavy (non-hydrogen) atoms. The topological polar surface area (TPSA) is 20.2 Å². The summed E-state index contributed by atoms with van der Waals surface area (Å²) in [5, 5.41) is 9.65. The van der Waals surface area contributed by atoms with Crippen molar-refractivity contribution in [2.45, 2.75) is 24.9 Å². The van der Waals surface area contributed by atoms with E-state index in [0.717, 1.165) is 6.07 Å². The number of hydrogen-bond donors (Lipinski definition) is 1. The largest absolute Gasteiger partial charge is 0.385 e. The first-order valence-electron chi connectivity index (χ1n) is 4.34. The van der Waals surface area contributed by atoms with E-state index in [2.05, 4.69) is 0 Å². The zero-order valence-electron chi connectivity index (χ0n) is 7.30. The Hall–Kier alpha value is -1.03. The molecule has 0 saturated heterocycles. The standard InChI is InChI=1S/C10H9F3O/c11-7-3-1-2-6(8(7)9(12)13)10(14)4-5-10/h1-3,9,14H,4-5H2. The molecule has 0 unspecified atom stereocenters. The fourth-order valence-electron chi connectivity index (χ4n) is 1.55. The molecule has 0 heterocycles. The molecule has 1 aromatic carbocycles. The van der Waals surface area contributed by atoms with Crippen molar-refractivity contribution in [2.24, 2.45) is 0 Å². The number of benzene rings is 1. The van der Waals surface area contributed by atoms with Gasteiger partial charge in [0.15, 0.2) is 0 Å². The van der Waals surface area contributed by atoms with E-state index in [4.69, 9.17) is 0 Å². The lowest BCUT2D eigenvalue weighted by atomic mass is 10.0. The second kappa shape index (κ2) is 2.98. The zero-order valence-corrected chi connectivity index (χ0v) is 7.30. The molecule has 76 valence electrons. The molecule has 1 aliphatic rings. The van der Waals surface area contributed by atoms with Crippen LogP contribution in [0.2, 0.25) is 0 Å². The Morgan fingerprint density at radius 2 is 1.93 bits per heavy atom. The lowest BCUT2D eigenvalue weighted by Crippen LogP contribution is -2.10. The van der Waals surface area contributed by atoms with Gasteiger partial charge in [-0.15, -0.1) is 0 Å². The van der Waals surface area contributed by atoms with E-state index < -0.39 is 23.4 Å². The molecular weight excluding hydrogens is 193 g/mol. The summed E-state index contributed by atoms with van der Waals surface area (Å²) in [7, 11) is 0. The highest BCUT2D eigenvalue weighted by Gasteiger charge is 2.45. The maximum Gasteiger partial charge on any atom is 0.267 e. The quantitative estimate of drug-likeness (QED) is 0.781. The van der Waals surface area contributed by atoms with Crippen LogP contribution in [0.25, 0.3) is 0 Å². The summed E-state index contributed by atoms with van der Waals surface area (Å²) < 4.78 is 38.1. The maximum absolute atomic E-state index is 13.1. The fourth-order valence-corrected chi connectivity index (χ4v) is 1.55. The fraction of sp³-hybridized carbons (Fsp3) is 0.400. The van der Waals surface area contributed by atoms with Crippen LogP contribution in [-0.2, 0) is 5.60 Å². The summed E-state index contributed by atoms with van der Waals surface area (Å²) in [6.45, 7) is 0. The molecule has 4 heteroatoms.